The van der Waals surface area contributed by atoms with Gasteiger partial charge >= 0.3 is 0 Å². The van der Waals surface area contributed by atoms with Gasteiger partial charge in [-0.15, -0.1) is 23.1 Å². The topological polar surface area (TPSA) is 64.0 Å². The van der Waals surface area contributed by atoms with Gasteiger partial charge in [0.05, 0.1) is 17.0 Å². The molecule has 0 saturated carbocycles. The quantitative estimate of drug-likeness (QED) is 0.264. The number of hydrogen-bond acceptors (Lipinski definition) is 6. The van der Waals surface area contributed by atoms with Gasteiger partial charge in [-0.3, -0.25) is 14.2 Å². The second-order valence-corrected chi connectivity index (χ2v) is 9.87. The lowest BCUT2D eigenvalue weighted by atomic mass is 10.3. The maximum absolute atomic E-state index is 13.1. The van der Waals surface area contributed by atoms with Gasteiger partial charge in [0, 0.05) is 15.1 Å². The molecule has 1 amide bonds. The largest absolute Gasteiger partial charge is 0.325 e. The Bertz CT molecular complexity index is 1270. The first-order valence-electron chi connectivity index (χ1n) is 8.88. The fourth-order valence-electron chi connectivity index (χ4n) is 2.83. The van der Waals surface area contributed by atoms with Crippen molar-refractivity contribution in [3.8, 4) is 5.69 Å². The molecule has 4 rings (SSSR count). The lowest BCUT2D eigenvalue weighted by molar-refractivity contribution is -0.113. The van der Waals surface area contributed by atoms with Crippen molar-refractivity contribution in [2.75, 3.05) is 17.3 Å². The van der Waals surface area contributed by atoms with E-state index >= 15 is 0 Å². The maximum Gasteiger partial charge on any atom is 0.276 e. The van der Waals surface area contributed by atoms with Crippen LogP contribution in [0.3, 0.4) is 0 Å². The van der Waals surface area contributed by atoms with Crippen LogP contribution in [0, 0.1) is 0 Å². The van der Waals surface area contributed by atoms with E-state index in [1.54, 1.807) is 16.3 Å². The summed E-state index contributed by atoms with van der Waals surface area (Å²) < 4.78 is 3.09. The van der Waals surface area contributed by atoms with E-state index in [0.29, 0.717) is 21.1 Å². The molecule has 0 saturated heterocycles. The summed E-state index contributed by atoms with van der Waals surface area (Å²) in [7, 11) is 0. The van der Waals surface area contributed by atoms with E-state index in [9.17, 15) is 9.59 Å². The minimum atomic E-state index is -0.153. The summed E-state index contributed by atoms with van der Waals surface area (Å²) in [5.41, 5.74) is 1.97. The number of thioether (sulfide) groups is 2. The standard InChI is InChI=1S/C21H16BrN3O2S3/c1-28-16-4-2-3-14(11-16)23-18(26)12-30-21-24-17-9-10-29-19(17)20(27)25(21)15-7-5-13(22)6-8-15/h2-11H,12H2,1H3,(H,23,26). The molecule has 2 aromatic heterocycles. The number of fused-ring (bicyclic) bond motifs is 1. The van der Waals surface area contributed by atoms with E-state index in [-0.39, 0.29) is 17.2 Å². The lowest BCUT2D eigenvalue weighted by Gasteiger charge is -2.12. The van der Waals surface area contributed by atoms with Gasteiger partial charge in [0.2, 0.25) is 5.91 Å². The van der Waals surface area contributed by atoms with Gasteiger partial charge in [-0.05, 0) is 60.2 Å². The first-order valence-corrected chi connectivity index (χ1v) is 12.8. The van der Waals surface area contributed by atoms with E-state index in [0.717, 1.165) is 15.1 Å². The maximum atomic E-state index is 13.1. The Morgan fingerprint density at radius 2 is 2.00 bits per heavy atom. The molecule has 0 unspecified atom stereocenters. The number of nitrogens with one attached hydrogen (secondary N) is 1. The second-order valence-electron chi connectivity index (χ2n) is 6.22. The Kier molecular flexibility index (Phi) is 6.62. The van der Waals surface area contributed by atoms with Gasteiger partial charge in [0.1, 0.15) is 4.70 Å². The van der Waals surface area contributed by atoms with Gasteiger partial charge in [-0.2, -0.15) is 0 Å². The van der Waals surface area contributed by atoms with Crippen molar-refractivity contribution < 1.29 is 4.79 Å². The summed E-state index contributed by atoms with van der Waals surface area (Å²) >= 11 is 7.65. The summed E-state index contributed by atoms with van der Waals surface area (Å²) in [6.45, 7) is 0. The first-order chi connectivity index (χ1) is 14.5. The van der Waals surface area contributed by atoms with Crippen molar-refractivity contribution in [2.45, 2.75) is 10.1 Å². The molecule has 4 aromatic rings. The van der Waals surface area contributed by atoms with Crippen LogP contribution in [-0.4, -0.2) is 27.5 Å². The minimum Gasteiger partial charge on any atom is -0.325 e. The summed E-state index contributed by atoms with van der Waals surface area (Å²) in [5.74, 6) is -0.0115. The highest BCUT2D eigenvalue weighted by Gasteiger charge is 2.16. The van der Waals surface area contributed by atoms with Crippen molar-refractivity contribution in [3.05, 3.63) is 74.8 Å². The van der Waals surface area contributed by atoms with E-state index in [1.165, 1.54) is 23.1 Å². The number of anilines is 1. The van der Waals surface area contributed by atoms with Crippen LogP contribution < -0.4 is 10.9 Å². The summed E-state index contributed by atoms with van der Waals surface area (Å²) in [6.07, 6.45) is 1.99. The van der Waals surface area contributed by atoms with Crippen LogP contribution >= 0.6 is 50.8 Å². The molecule has 0 aliphatic rings. The average molecular weight is 518 g/mol. The predicted octanol–water partition coefficient (Wildman–Crippen LogP) is 5.66. The monoisotopic (exact) mass is 517 g/mol. The number of carbonyl (C=O) groups is 1. The molecule has 0 spiro atoms. The molecule has 0 radical (unpaired) electrons. The third-order valence-corrected chi connectivity index (χ3v) is 7.30. The molecule has 0 fully saturated rings. The lowest BCUT2D eigenvalue weighted by Crippen LogP contribution is -2.22. The number of nitrogens with zero attached hydrogens (tertiary/aromatic N) is 2. The highest BCUT2D eigenvalue weighted by Crippen LogP contribution is 2.25. The van der Waals surface area contributed by atoms with E-state index in [4.69, 9.17) is 0 Å². The van der Waals surface area contributed by atoms with E-state index in [2.05, 4.69) is 26.2 Å². The normalized spacial score (nSPS) is 11.0. The smallest absolute Gasteiger partial charge is 0.276 e. The van der Waals surface area contributed by atoms with Crippen LogP contribution in [0.1, 0.15) is 0 Å². The summed E-state index contributed by atoms with van der Waals surface area (Å²) in [4.78, 5) is 31.3. The van der Waals surface area contributed by atoms with Gasteiger partial charge in [0.15, 0.2) is 5.16 Å². The average Bonchev–Trinajstić information content (AvgIpc) is 3.22. The molecule has 0 bridgehead atoms. The number of amides is 1. The van der Waals surface area contributed by atoms with Crippen LogP contribution in [0.5, 0.6) is 0 Å². The Morgan fingerprint density at radius 3 is 2.77 bits per heavy atom. The van der Waals surface area contributed by atoms with Crippen molar-refractivity contribution in [1.29, 1.82) is 0 Å². The Morgan fingerprint density at radius 1 is 1.20 bits per heavy atom. The zero-order chi connectivity index (χ0) is 21.1. The van der Waals surface area contributed by atoms with Crippen molar-refractivity contribution >= 4 is 72.6 Å². The van der Waals surface area contributed by atoms with Crippen LogP contribution in [0.2, 0.25) is 0 Å². The van der Waals surface area contributed by atoms with Gasteiger partial charge in [0.25, 0.3) is 5.56 Å². The number of halogens is 1. The first kappa shape index (κ1) is 21.2. The fourth-order valence-corrected chi connectivity index (χ4v) is 5.13. The summed E-state index contributed by atoms with van der Waals surface area (Å²) in [5, 5.41) is 5.25. The zero-order valence-electron chi connectivity index (χ0n) is 15.8. The molecule has 1 N–H and O–H groups in total. The Hall–Kier alpha value is -2.07. The Labute approximate surface area is 194 Å². The van der Waals surface area contributed by atoms with Crippen molar-refractivity contribution in [3.63, 3.8) is 0 Å². The molecule has 0 atom stereocenters. The van der Waals surface area contributed by atoms with Gasteiger partial charge < -0.3 is 5.32 Å². The molecule has 0 aliphatic heterocycles. The molecule has 2 heterocycles. The van der Waals surface area contributed by atoms with Crippen LogP contribution in [0.15, 0.2) is 79.3 Å². The molecule has 0 aliphatic carbocycles. The number of thiophene rings is 1. The number of aromatic nitrogens is 2. The third kappa shape index (κ3) is 4.64. The molecule has 5 nitrogen and oxygen atoms in total. The number of rotatable bonds is 6. The number of benzene rings is 2. The summed E-state index contributed by atoms with van der Waals surface area (Å²) in [6, 6.07) is 17.0. The third-order valence-electron chi connectivity index (χ3n) is 4.22. The predicted molar refractivity (Wildman–Crippen MR) is 130 cm³/mol. The van der Waals surface area contributed by atoms with Gasteiger partial charge in [-0.1, -0.05) is 33.8 Å². The van der Waals surface area contributed by atoms with Crippen LogP contribution in [-0.2, 0) is 4.79 Å². The number of hydrogen-bond donors (Lipinski definition) is 1. The van der Waals surface area contributed by atoms with Crippen molar-refractivity contribution in [1.82, 2.24) is 9.55 Å². The molecule has 2 aromatic carbocycles. The molecular formula is C21H16BrN3O2S3. The second kappa shape index (κ2) is 9.38. The highest BCUT2D eigenvalue weighted by molar-refractivity contribution is 9.10. The molecule has 30 heavy (non-hydrogen) atoms. The molecule has 152 valence electrons. The SMILES string of the molecule is CSc1cccc(NC(=O)CSc2nc3ccsc3c(=O)n2-c2ccc(Br)cc2)c1. The molecular weight excluding hydrogens is 502 g/mol. The molecule has 9 heteroatoms. The van der Waals surface area contributed by atoms with Crippen LogP contribution in [0.25, 0.3) is 15.9 Å². The number of carbonyl (C=O) groups excluding carboxylic acids is 1. The Balaban J connectivity index is 1.61. The van der Waals surface area contributed by atoms with Crippen LogP contribution in [0.4, 0.5) is 5.69 Å². The van der Waals surface area contributed by atoms with Gasteiger partial charge in [-0.25, -0.2) is 4.98 Å². The minimum absolute atomic E-state index is 0.132. The van der Waals surface area contributed by atoms with Crippen molar-refractivity contribution in [2.24, 2.45) is 0 Å². The fraction of sp³-hybridized carbons (Fsp3) is 0.0952. The highest BCUT2D eigenvalue weighted by atomic mass is 79.9. The zero-order valence-corrected chi connectivity index (χ0v) is 19.8. The van der Waals surface area contributed by atoms with E-state index < -0.39 is 0 Å². The van der Waals surface area contributed by atoms with E-state index in [1.807, 2.05) is 66.2 Å².